The molecule has 0 spiro atoms. The van der Waals surface area contributed by atoms with Gasteiger partial charge >= 0.3 is 11.9 Å². The van der Waals surface area contributed by atoms with Gasteiger partial charge in [-0.3, -0.25) is 4.79 Å². The smallest absolute Gasteiger partial charge is 0.334 e. The molecule has 0 saturated carbocycles. The summed E-state index contributed by atoms with van der Waals surface area (Å²) in [6, 6.07) is 0. The third-order valence-electron chi connectivity index (χ3n) is 1.73. The molecule has 78 valence electrons. The second-order valence-corrected chi connectivity index (χ2v) is 2.82. The zero-order valence-electron chi connectivity index (χ0n) is 8.62. The van der Waals surface area contributed by atoms with Crippen molar-refractivity contribution in [2.45, 2.75) is 6.92 Å². The fourth-order valence-electron chi connectivity index (χ4n) is 1.01. The first-order valence-electron chi connectivity index (χ1n) is 3.96. The lowest BCUT2D eigenvalue weighted by atomic mass is 9.94. The fourth-order valence-corrected chi connectivity index (χ4v) is 1.01. The standard InChI is InChI=1S/C10H14O4/c1-6(2)8(10(12)14-5)7(3)9(11)13-4/h8H,1,3H2,2,4-5H3. The third-order valence-corrected chi connectivity index (χ3v) is 1.73. The summed E-state index contributed by atoms with van der Waals surface area (Å²) >= 11 is 0. The Bertz CT molecular complexity index is 278. The molecule has 0 aromatic carbocycles. The van der Waals surface area contributed by atoms with Crippen LogP contribution in [-0.4, -0.2) is 26.2 Å². The van der Waals surface area contributed by atoms with Crippen LogP contribution in [-0.2, 0) is 19.1 Å². The number of rotatable bonds is 4. The van der Waals surface area contributed by atoms with Gasteiger partial charge < -0.3 is 9.47 Å². The lowest BCUT2D eigenvalue weighted by molar-refractivity contribution is -0.146. The summed E-state index contributed by atoms with van der Waals surface area (Å²) in [4.78, 5) is 22.4. The van der Waals surface area contributed by atoms with Crippen LogP contribution in [0, 0.1) is 5.92 Å². The maximum atomic E-state index is 11.3. The summed E-state index contributed by atoms with van der Waals surface area (Å²) in [6.07, 6.45) is 0. The molecule has 0 radical (unpaired) electrons. The Hall–Kier alpha value is -1.58. The van der Waals surface area contributed by atoms with Gasteiger partial charge in [0.1, 0.15) is 5.92 Å². The Morgan fingerprint density at radius 2 is 1.64 bits per heavy atom. The summed E-state index contributed by atoms with van der Waals surface area (Å²) in [5.74, 6) is -2.02. The Labute approximate surface area is 83.2 Å². The fraction of sp³-hybridized carbons (Fsp3) is 0.400. The van der Waals surface area contributed by atoms with Crippen molar-refractivity contribution in [3.8, 4) is 0 Å². The van der Waals surface area contributed by atoms with E-state index in [9.17, 15) is 9.59 Å². The molecule has 4 heteroatoms. The molecular formula is C10H14O4. The molecule has 0 aliphatic rings. The molecule has 1 atom stereocenters. The monoisotopic (exact) mass is 198 g/mol. The van der Waals surface area contributed by atoms with Crippen molar-refractivity contribution in [3.63, 3.8) is 0 Å². The molecule has 0 fully saturated rings. The summed E-state index contributed by atoms with van der Waals surface area (Å²) < 4.78 is 8.97. The number of hydrogen-bond donors (Lipinski definition) is 0. The number of ether oxygens (including phenoxy) is 2. The Kier molecular flexibility index (Phi) is 4.63. The second-order valence-electron chi connectivity index (χ2n) is 2.82. The van der Waals surface area contributed by atoms with Gasteiger partial charge in [0.2, 0.25) is 0 Å². The number of carbonyl (C=O) groups is 2. The normalized spacial score (nSPS) is 11.4. The summed E-state index contributed by atoms with van der Waals surface area (Å²) in [7, 11) is 2.46. The first kappa shape index (κ1) is 12.4. The molecule has 0 amide bonds. The predicted octanol–water partition coefficient (Wildman–Crippen LogP) is 1.08. The van der Waals surface area contributed by atoms with E-state index in [1.54, 1.807) is 6.92 Å². The quantitative estimate of drug-likeness (QED) is 0.385. The van der Waals surface area contributed by atoms with Crippen LogP contribution in [0.5, 0.6) is 0 Å². The number of methoxy groups -OCH3 is 2. The van der Waals surface area contributed by atoms with E-state index in [2.05, 4.69) is 22.6 Å². The molecule has 0 rings (SSSR count). The largest absolute Gasteiger partial charge is 0.468 e. The van der Waals surface area contributed by atoms with E-state index < -0.39 is 17.9 Å². The average molecular weight is 198 g/mol. The molecule has 0 bridgehead atoms. The molecule has 0 aromatic heterocycles. The van der Waals surface area contributed by atoms with E-state index >= 15 is 0 Å². The van der Waals surface area contributed by atoms with Crippen molar-refractivity contribution in [1.29, 1.82) is 0 Å². The van der Waals surface area contributed by atoms with Crippen molar-refractivity contribution in [3.05, 3.63) is 24.3 Å². The molecule has 0 aliphatic heterocycles. The van der Waals surface area contributed by atoms with E-state index in [1.165, 1.54) is 14.2 Å². The highest BCUT2D eigenvalue weighted by Crippen LogP contribution is 2.19. The molecule has 0 N–H and O–H groups in total. The van der Waals surface area contributed by atoms with Gasteiger partial charge in [0.25, 0.3) is 0 Å². The molecule has 1 unspecified atom stereocenters. The Morgan fingerprint density at radius 1 is 1.14 bits per heavy atom. The van der Waals surface area contributed by atoms with Crippen LogP contribution in [0.1, 0.15) is 6.92 Å². The van der Waals surface area contributed by atoms with Crippen molar-refractivity contribution < 1.29 is 19.1 Å². The zero-order valence-corrected chi connectivity index (χ0v) is 8.62. The van der Waals surface area contributed by atoms with Crippen LogP contribution in [0.2, 0.25) is 0 Å². The molecular weight excluding hydrogens is 184 g/mol. The first-order valence-corrected chi connectivity index (χ1v) is 3.96. The van der Waals surface area contributed by atoms with Crippen LogP contribution in [0.15, 0.2) is 24.3 Å². The van der Waals surface area contributed by atoms with E-state index in [0.29, 0.717) is 5.57 Å². The summed E-state index contributed by atoms with van der Waals surface area (Å²) in [5.41, 5.74) is 0.527. The average Bonchev–Trinajstić information content (AvgIpc) is 2.15. The van der Waals surface area contributed by atoms with Crippen molar-refractivity contribution in [2.24, 2.45) is 5.92 Å². The van der Waals surface area contributed by atoms with Crippen LogP contribution in [0.4, 0.5) is 0 Å². The van der Waals surface area contributed by atoms with Crippen LogP contribution in [0.25, 0.3) is 0 Å². The van der Waals surface area contributed by atoms with Gasteiger partial charge in [-0.05, 0) is 6.92 Å². The van der Waals surface area contributed by atoms with Gasteiger partial charge in [-0.25, -0.2) is 4.79 Å². The molecule has 0 saturated heterocycles. The maximum absolute atomic E-state index is 11.3. The number of hydrogen-bond acceptors (Lipinski definition) is 4. The minimum atomic E-state index is -0.826. The van der Waals surface area contributed by atoms with Crippen molar-refractivity contribution in [1.82, 2.24) is 0 Å². The van der Waals surface area contributed by atoms with Gasteiger partial charge in [-0.2, -0.15) is 0 Å². The lowest BCUT2D eigenvalue weighted by Gasteiger charge is -2.15. The van der Waals surface area contributed by atoms with Crippen LogP contribution >= 0.6 is 0 Å². The summed E-state index contributed by atoms with van der Waals surface area (Å²) in [6.45, 7) is 8.69. The maximum Gasteiger partial charge on any atom is 0.334 e. The lowest BCUT2D eigenvalue weighted by Crippen LogP contribution is -2.23. The Balaban J connectivity index is 4.84. The van der Waals surface area contributed by atoms with Gasteiger partial charge in [0.05, 0.1) is 14.2 Å². The minimum Gasteiger partial charge on any atom is -0.468 e. The minimum absolute atomic E-state index is 0.0341. The van der Waals surface area contributed by atoms with E-state index in [-0.39, 0.29) is 5.57 Å². The van der Waals surface area contributed by atoms with Crippen molar-refractivity contribution in [2.75, 3.05) is 14.2 Å². The highest BCUT2D eigenvalue weighted by molar-refractivity contribution is 5.96. The zero-order chi connectivity index (χ0) is 11.3. The van der Waals surface area contributed by atoms with Gasteiger partial charge in [-0.1, -0.05) is 18.7 Å². The van der Waals surface area contributed by atoms with Gasteiger partial charge in [0.15, 0.2) is 0 Å². The molecule has 0 aliphatic carbocycles. The van der Waals surface area contributed by atoms with Gasteiger partial charge in [-0.15, -0.1) is 0 Å². The van der Waals surface area contributed by atoms with Crippen LogP contribution < -0.4 is 0 Å². The topological polar surface area (TPSA) is 52.6 Å². The van der Waals surface area contributed by atoms with E-state index in [1.807, 2.05) is 0 Å². The number of carbonyl (C=O) groups excluding carboxylic acids is 2. The molecule has 0 aromatic rings. The highest BCUT2D eigenvalue weighted by atomic mass is 16.5. The third kappa shape index (κ3) is 2.73. The first-order chi connectivity index (χ1) is 6.45. The molecule has 4 nitrogen and oxygen atoms in total. The molecule has 0 heterocycles. The van der Waals surface area contributed by atoms with Crippen LogP contribution in [0.3, 0.4) is 0 Å². The van der Waals surface area contributed by atoms with E-state index in [0.717, 1.165) is 0 Å². The number of esters is 2. The van der Waals surface area contributed by atoms with Gasteiger partial charge in [0, 0.05) is 5.57 Å². The SMILES string of the molecule is C=C(C)C(C(=C)C(=O)OC)C(=O)OC. The Morgan fingerprint density at radius 3 is 1.93 bits per heavy atom. The highest BCUT2D eigenvalue weighted by Gasteiger charge is 2.28. The molecule has 14 heavy (non-hydrogen) atoms. The van der Waals surface area contributed by atoms with E-state index in [4.69, 9.17) is 0 Å². The second kappa shape index (κ2) is 5.21. The summed E-state index contributed by atoms with van der Waals surface area (Å²) in [5, 5.41) is 0. The van der Waals surface area contributed by atoms with Crippen molar-refractivity contribution >= 4 is 11.9 Å². The predicted molar refractivity (Wildman–Crippen MR) is 51.5 cm³/mol.